The lowest BCUT2D eigenvalue weighted by Crippen LogP contribution is -1.95. The summed E-state index contributed by atoms with van der Waals surface area (Å²) in [4.78, 5) is 0. The molecule has 0 aromatic heterocycles. The van der Waals surface area contributed by atoms with Gasteiger partial charge in [-0.1, -0.05) is 72.8 Å². The minimum absolute atomic E-state index is 0.257. The monoisotopic (exact) mass is 366 g/mol. The minimum atomic E-state index is 0.257. The minimum Gasteiger partial charge on any atom is -0.507 e. The maximum absolute atomic E-state index is 10.5. The Morgan fingerprint density at radius 1 is 0.429 bits per heavy atom. The molecular formula is C26H22O2. The standard InChI is InChI=1S/C26H22O2/c1-17-9-7-13-21(19-11-3-5-15-23(19)27)25(17)26-18(2)10-8-14-22(26)20-12-4-6-16-24(20)28/h3-16,27-28H,1-2H3. The Balaban J connectivity index is 2.08. The molecule has 0 aliphatic rings. The van der Waals surface area contributed by atoms with Gasteiger partial charge in [-0.25, -0.2) is 0 Å². The molecule has 2 nitrogen and oxygen atoms in total. The Morgan fingerprint density at radius 2 is 0.786 bits per heavy atom. The fourth-order valence-electron chi connectivity index (χ4n) is 3.85. The van der Waals surface area contributed by atoms with E-state index in [1.54, 1.807) is 12.1 Å². The van der Waals surface area contributed by atoms with Gasteiger partial charge in [-0.15, -0.1) is 0 Å². The average Bonchev–Trinajstić information content (AvgIpc) is 2.69. The van der Waals surface area contributed by atoms with Crippen LogP contribution >= 0.6 is 0 Å². The van der Waals surface area contributed by atoms with Crippen LogP contribution in [-0.2, 0) is 0 Å². The molecule has 0 amide bonds. The van der Waals surface area contributed by atoms with Gasteiger partial charge in [0.1, 0.15) is 11.5 Å². The van der Waals surface area contributed by atoms with E-state index in [9.17, 15) is 10.2 Å². The zero-order valence-electron chi connectivity index (χ0n) is 16.0. The maximum Gasteiger partial charge on any atom is 0.123 e. The fraction of sp³-hybridized carbons (Fsp3) is 0.0769. The second-order valence-electron chi connectivity index (χ2n) is 7.03. The van der Waals surface area contributed by atoms with E-state index in [0.717, 1.165) is 44.5 Å². The van der Waals surface area contributed by atoms with Crippen LogP contribution in [0.3, 0.4) is 0 Å². The van der Waals surface area contributed by atoms with Gasteiger partial charge in [0.15, 0.2) is 0 Å². The summed E-state index contributed by atoms with van der Waals surface area (Å²) in [6, 6.07) is 27.1. The third-order valence-electron chi connectivity index (χ3n) is 5.18. The molecule has 0 radical (unpaired) electrons. The Hall–Kier alpha value is -3.52. The fourth-order valence-corrected chi connectivity index (χ4v) is 3.85. The first-order chi connectivity index (χ1) is 13.6. The quantitative estimate of drug-likeness (QED) is 0.423. The van der Waals surface area contributed by atoms with E-state index in [2.05, 4.69) is 26.0 Å². The van der Waals surface area contributed by atoms with E-state index in [4.69, 9.17) is 0 Å². The van der Waals surface area contributed by atoms with Crippen molar-refractivity contribution in [3.8, 4) is 44.9 Å². The molecule has 0 aliphatic heterocycles. The van der Waals surface area contributed by atoms with Gasteiger partial charge in [0.25, 0.3) is 0 Å². The lowest BCUT2D eigenvalue weighted by molar-refractivity contribution is 0.477. The third-order valence-corrected chi connectivity index (χ3v) is 5.18. The van der Waals surface area contributed by atoms with Crippen molar-refractivity contribution in [1.29, 1.82) is 0 Å². The summed E-state index contributed by atoms with van der Waals surface area (Å²) in [6.07, 6.45) is 0. The van der Waals surface area contributed by atoms with Crippen molar-refractivity contribution in [2.75, 3.05) is 0 Å². The normalized spacial score (nSPS) is 10.8. The number of benzene rings is 4. The van der Waals surface area contributed by atoms with Gasteiger partial charge in [-0.05, 0) is 59.4 Å². The van der Waals surface area contributed by atoms with E-state index in [-0.39, 0.29) is 11.5 Å². The Labute approximate surface area is 165 Å². The summed E-state index contributed by atoms with van der Waals surface area (Å²) in [5.74, 6) is 0.513. The van der Waals surface area contributed by atoms with E-state index in [0.29, 0.717) is 0 Å². The zero-order chi connectivity index (χ0) is 19.7. The molecule has 2 N–H and O–H groups in total. The Morgan fingerprint density at radius 3 is 1.18 bits per heavy atom. The van der Waals surface area contributed by atoms with Crippen molar-refractivity contribution >= 4 is 0 Å². The summed E-state index contributed by atoms with van der Waals surface area (Å²) in [5.41, 5.74) is 7.92. The molecule has 0 saturated heterocycles. The predicted molar refractivity (Wildman–Crippen MR) is 116 cm³/mol. The molecule has 0 aliphatic carbocycles. The number of aryl methyl sites for hydroxylation is 2. The van der Waals surface area contributed by atoms with Gasteiger partial charge in [0, 0.05) is 11.1 Å². The highest BCUT2D eigenvalue weighted by Crippen LogP contribution is 2.45. The van der Waals surface area contributed by atoms with Crippen molar-refractivity contribution in [2.45, 2.75) is 13.8 Å². The number of hydrogen-bond donors (Lipinski definition) is 2. The van der Waals surface area contributed by atoms with Gasteiger partial charge in [-0.3, -0.25) is 0 Å². The molecule has 4 aromatic rings. The summed E-state index contributed by atoms with van der Waals surface area (Å²) >= 11 is 0. The van der Waals surface area contributed by atoms with Crippen LogP contribution in [0.5, 0.6) is 11.5 Å². The third kappa shape index (κ3) is 3.03. The highest BCUT2D eigenvalue weighted by molar-refractivity contribution is 5.96. The van der Waals surface area contributed by atoms with E-state index >= 15 is 0 Å². The zero-order valence-corrected chi connectivity index (χ0v) is 16.0. The molecule has 0 atom stereocenters. The molecule has 0 unspecified atom stereocenters. The van der Waals surface area contributed by atoms with Gasteiger partial charge in [-0.2, -0.15) is 0 Å². The number of rotatable bonds is 3. The molecule has 0 heterocycles. The van der Waals surface area contributed by atoms with Gasteiger partial charge in [0.05, 0.1) is 0 Å². The van der Waals surface area contributed by atoms with Crippen molar-refractivity contribution in [1.82, 2.24) is 0 Å². The van der Waals surface area contributed by atoms with Crippen LogP contribution in [-0.4, -0.2) is 10.2 Å². The van der Waals surface area contributed by atoms with Gasteiger partial charge >= 0.3 is 0 Å². The first-order valence-electron chi connectivity index (χ1n) is 9.34. The second kappa shape index (κ2) is 7.24. The van der Waals surface area contributed by atoms with Gasteiger partial charge in [0.2, 0.25) is 0 Å². The van der Waals surface area contributed by atoms with Crippen molar-refractivity contribution in [2.24, 2.45) is 0 Å². The smallest absolute Gasteiger partial charge is 0.123 e. The first-order valence-corrected chi connectivity index (χ1v) is 9.34. The van der Waals surface area contributed by atoms with Crippen LogP contribution in [0, 0.1) is 13.8 Å². The van der Waals surface area contributed by atoms with Crippen LogP contribution in [0.15, 0.2) is 84.9 Å². The van der Waals surface area contributed by atoms with Crippen LogP contribution in [0.25, 0.3) is 33.4 Å². The number of phenolic OH excluding ortho intramolecular Hbond substituents is 2. The molecule has 4 rings (SSSR count). The van der Waals surface area contributed by atoms with E-state index in [1.165, 1.54) is 0 Å². The largest absolute Gasteiger partial charge is 0.507 e. The van der Waals surface area contributed by atoms with Crippen molar-refractivity contribution < 1.29 is 10.2 Å². The average molecular weight is 366 g/mol. The summed E-state index contributed by atoms with van der Waals surface area (Å²) < 4.78 is 0. The predicted octanol–water partition coefficient (Wildman–Crippen LogP) is 6.72. The Kier molecular flexibility index (Phi) is 4.62. The lowest BCUT2D eigenvalue weighted by atomic mass is 9.84. The highest BCUT2D eigenvalue weighted by Gasteiger charge is 2.19. The van der Waals surface area contributed by atoms with E-state index < -0.39 is 0 Å². The molecule has 0 fully saturated rings. The van der Waals surface area contributed by atoms with Crippen LogP contribution in [0.1, 0.15) is 11.1 Å². The number of aromatic hydroxyl groups is 2. The number of phenols is 2. The molecule has 0 bridgehead atoms. The topological polar surface area (TPSA) is 40.5 Å². The molecule has 138 valence electrons. The van der Waals surface area contributed by atoms with E-state index in [1.807, 2.05) is 60.7 Å². The number of para-hydroxylation sites is 2. The van der Waals surface area contributed by atoms with Crippen LogP contribution < -0.4 is 0 Å². The molecular weight excluding hydrogens is 344 g/mol. The SMILES string of the molecule is Cc1cccc(-c2ccccc2O)c1-c1c(C)cccc1-c1ccccc1O. The molecule has 2 heteroatoms. The molecule has 0 spiro atoms. The first kappa shape index (κ1) is 17.9. The number of hydrogen-bond acceptors (Lipinski definition) is 2. The lowest BCUT2D eigenvalue weighted by Gasteiger charge is -2.20. The summed E-state index contributed by atoms with van der Waals surface area (Å²) in [5, 5.41) is 21.0. The second-order valence-corrected chi connectivity index (χ2v) is 7.03. The summed E-state index contributed by atoms with van der Waals surface area (Å²) in [6.45, 7) is 4.17. The maximum atomic E-state index is 10.5. The highest BCUT2D eigenvalue weighted by atomic mass is 16.3. The van der Waals surface area contributed by atoms with Crippen molar-refractivity contribution in [3.63, 3.8) is 0 Å². The Bertz CT molecular complexity index is 1070. The summed E-state index contributed by atoms with van der Waals surface area (Å²) in [7, 11) is 0. The van der Waals surface area contributed by atoms with Gasteiger partial charge < -0.3 is 10.2 Å². The van der Waals surface area contributed by atoms with Crippen LogP contribution in [0.4, 0.5) is 0 Å². The molecule has 0 saturated carbocycles. The molecule has 4 aromatic carbocycles. The van der Waals surface area contributed by atoms with Crippen molar-refractivity contribution in [3.05, 3.63) is 96.1 Å². The van der Waals surface area contributed by atoms with Crippen LogP contribution in [0.2, 0.25) is 0 Å². The molecule has 28 heavy (non-hydrogen) atoms.